The Labute approximate surface area is 93.0 Å². The summed E-state index contributed by atoms with van der Waals surface area (Å²) in [7, 11) is 0. The SMILES string of the molecule is CCN(C(=O)C(C)C)C1CCCC1CN. The van der Waals surface area contributed by atoms with Crippen molar-refractivity contribution in [1.29, 1.82) is 0 Å². The van der Waals surface area contributed by atoms with Crippen LogP contribution in [0.25, 0.3) is 0 Å². The van der Waals surface area contributed by atoms with Crippen molar-refractivity contribution >= 4 is 5.91 Å². The molecule has 1 saturated carbocycles. The third-order valence-corrected chi connectivity index (χ3v) is 3.44. The summed E-state index contributed by atoms with van der Waals surface area (Å²) in [4.78, 5) is 14.0. The normalized spacial score (nSPS) is 25.9. The second-order valence-corrected chi connectivity index (χ2v) is 4.77. The number of carbonyl (C=O) groups excluding carboxylic acids is 1. The summed E-state index contributed by atoms with van der Waals surface area (Å²) in [6, 6.07) is 0.398. The fourth-order valence-corrected chi connectivity index (χ4v) is 2.59. The molecule has 0 spiro atoms. The minimum absolute atomic E-state index is 0.101. The molecule has 0 aliphatic heterocycles. The third-order valence-electron chi connectivity index (χ3n) is 3.44. The number of nitrogens with two attached hydrogens (primary N) is 1. The highest BCUT2D eigenvalue weighted by molar-refractivity contribution is 5.78. The number of amides is 1. The van der Waals surface area contributed by atoms with Crippen LogP contribution < -0.4 is 5.73 Å². The van der Waals surface area contributed by atoms with Crippen LogP contribution in [0.5, 0.6) is 0 Å². The number of hydrogen-bond donors (Lipinski definition) is 1. The highest BCUT2D eigenvalue weighted by atomic mass is 16.2. The molecule has 0 aromatic carbocycles. The molecule has 0 radical (unpaired) electrons. The van der Waals surface area contributed by atoms with Crippen LogP contribution in [0.3, 0.4) is 0 Å². The summed E-state index contributed by atoms with van der Waals surface area (Å²) in [6.45, 7) is 7.53. The molecule has 0 bridgehead atoms. The minimum Gasteiger partial charge on any atom is -0.339 e. The van der Waals surface area contributed by atoms with Crippen molar-refractivity contribution in [2.45, 2.75) is 46.1 Å². The van der Waals surface area contributed by atoms with Gasteiger partial charge in [0.1, 0.15) is 0 Å². The first-order valence-corrected chi connectivity index (χ1v) is 6.12. The van der Waals surface area contributed by atoms with E-state index in [4.69, 9.17) is 5.73 Å². The van der Waals surface area contributed by atoms with E-state index in [0.29, 0.717) is 18.5 Å². The summed E-state index contributed by atoms with van der Waals surface area (Å²) >= 11 is 0. The van der Waals surface area contributed by atoms with Gasteiger partial charge in [0.05, 0.1) is 0 Å². The van der Waals surface area contributed by atoms with Crippen LogP contribution in [0.1, 0.15) is 40.0 Å². The fourth-order valence-electron chi connectivity index (χ4n) is 2.59. The predicted octanol–water partition coefficient (Wildman–Crippen LogP) is 1.62. The smallest absolute Gasteiger partial charge is 0.225 e. The second-order valence-electron chi connectivity index (χ2n) is 4.77. The highest BCUT2D eigenvalue weighted by Crippen LogP contribution is 2.29. The first kappa shape index (κ1) is 12.5. The molecular formula is C12H24N2O. The molecule has 1 fully saturated rings. The average molecular weight is 212 g/mol. The van der Waals surface area contributed by atoms with E-state index < -0.39 is 0 Å². The quantitative estimate of drug-likeness (QED) is 0.769. The molecule has 3 nitrogen and oxygen atoms in total. The van der Waals surface area contributed by atoms with Crippen LogP contribution in [-0.2, 0) is 4.79 Å². The summed E-state index contributed by atoms with van der Waals surface area (Å²) in [6.07, 6.45) is 3.53. The Morgan fingerprint density at radius 1 is 1.47 bits per heavy atom. The lowest BCUT2D eigenvalue weighted by Crippen LogP contribution is -2.45. The summed E-state index contributed by atoms with van der Waals surface area (Å²) in [5, 5.41) is 0. The number of nitrogens with zero attached hydrogens (tertiary/aromatic N) is 1. The first-order chi connectivity index (χ1) is 7.11. The zero-order chi connectivity index (χ0) is 11.4. The van der Waals surface area contributed by atoms with Crippen LogP contribution in [0.2, 0.25) is 0 Å². The zero-order valence-electron chi connectivity index (χ0n) is 10.2. The maximum Gasteiger partial charge on any atom is 0.225 e. The molecule has 2 N–H and O–H groups in total. The van der Waals surface area contributed by atoms with Crippen LogP contribution in [0, 0.1) is 11.8 Å². The van der Waals surface area contributed by atoms with Gasteiger partial charge in [0.2, 0.25) is 5.91 Å². The van der Waals surface area contributed by atoms with Crippen LogP contribution in [0.4, 0.5) is 0 Å². The van der Waals surface area contributed by atoms with Gasteiger partial charge in [-0.25, -0.2) is 0 Å². The Hall–Kier alpha value is -0.570. The Bertz CT molecular complexity index is 216. The Balaban J connectivity index is 2.69. The minimum atomic E-state index is 0.101. The van der Waals surface area contributed by atoms with Gasteiger partial charge in [-0.2, -0.15) is 0 Å². The van der Waals surface area contributed by atoms with Gasteiger partial charge < -0.3 is 10.6 Å². The number of hydrogen-bond acceptors (Lipinski definition) is 2. The average Bonchev–Trinajstić information content (AvgIpc) is 2.66. The Morgan fingerprint density at radius 2 is 2.13 bits per heavy atom. The Kier molecular flexibility index (Phi) is 4.58. The van der Waals surface area contributed by atoms with E-state index in [0.717, 1.165) is 13.0 Å². The maximum absolute atomic E-state index is 12.0. The van der Waals surface area contributed by atoms with Crippen molar-refractivity contribution in [3.05, 3.63) is 0 Å². The lowest BCUT2D eigenvalue weighted by molar-refractivity contribution is -0.137. The van der Waals surface area contributed by atoms with E-state index in [2.05, 4.69) is 6.92 Å². The first-order valence-electron chi connectivity index (χ1n) is 6.12. The third kappa shape index (κ3) is 2.71. The van der Waals surface area contributed by atoms with Gasteiger partial charge in [-0.15, -0.1) is 0 Å². The predicted molar refractivity (Wildman–Crippen MR) is 62.4 cm³/mol. The molecule has 1 aliphatic rings. The summed E-state index contributed by atoms with van der Waals surface area (Å²) in [5.41, 5.74) is 5.75. The van der Waals surface area contributed by atoms with E-state index in [-0.39, 0.29) is 11.8 Å². The molecule has 2 atom stereocenters. The molecule has 2 unspecified atom stereocenters. The van der Waals surface area contributed by atoms with Crippen molar-refractivity contribution in [2.75, 3.05) is 13.1 Å². The van der Waals surface area contributed by atoms with Crippen LogP contribution in [-0.4, -0.2) is 29.9 Å². The summed E-state index contributed by atoms with van der Waals surface area (Å²) < 4.78 is 0. The largest absolute Gasteiger partial charge is 0.339 e. The van der Waals surface area contributed by atoms with E-state index in [1.807, 2.05) is 18.7 Å². The van der Waals surface area contributed by atoms with Crippen molar-refractivity contribution in [3.8, 4) is 0 Å². The standard InChI is InChI=1S/C12H24N2O/c1-4-14(12(15)9(2)3)11-7-5-6-10(11)8-13/h9-11H,4-8,13H2,1-3H3. The van der Waals surface area contributed by atoms with E-state index >= 15 is 0 Å². The zero-order valence-corrected chi connectivity index (χ0v) is 10.2. The van der Waals surface area contributed by atoms with Gasteiger partial charge in [-0.1, -0.05) is 20.3 Å². The van der Waals surface area contributed by atoms with E-state index in [9.17, 15) is 4.79 Å². The van der Waals surface area contributed by atoms with Crippen molar-refractivity contribution in [3.63, 3.8) is 0 Å². The van der Waals surface area contributed by atoms with Gasteiger partial charge in [-0.05, 0) is 32.2 Å². The molecule has 3 heteroatoms. The van der Waals surface area contributed by atoms with Gasteiger partial charge in [0, 0.05) is 18.5 Å². The number of carbonyl (C=O) groups is 1. The lowest BCUT2D eigenvalue weighted by Gasteiger charge is -2.33. The molecule has 15 heavy (non-hydrogen) atoms. The molecule has 0 heterocycles. The van der Waals surface area contributed by atoms with Crippen LogP contribution >= 0.6 is 0 Å². The topological polar surface area (TPSA) is 46.3 Å². The van der Waals surface area contributed by atoms with Crippen molar-refractivity contribution < 1.29 is 4.79 Å². The monoisotopic (exact) mass is 212 g/mol. The highest BCUT2D eigenvalue weighted by Gasteiger charge is 2.33. The molecule has 88 valence electrons. The Morgan fingerprint density at radius 3 is 2.60 bits per heavy atom. The fraction of sp³-hybridized carbons (Fsp3) is 0.917. The molecule has 1 rings (SSSR count). The van der Waals surface area contributed by atoms with E-state index in [1.165, 1.54) is 12.8 Å². The van der Waals surface area contributed by atoms with E-state index in [1.54, 1.807) is 0 Å². The molecule has 0 saturated heterocycles. The molecule has 0 aromatic heterocycles. The summed E-state index contributed by atoms with van der Waals surface area (Å²) in [5.74, 6) is 0.902. The molecular weight excluding hydrogens is 188 g/mol. The van der Waals surface area contributed by atoms with Gasteiger partial charge in [0.25, 0.3) is 0 Å². The molecule has 0 aromatic rings. The van der Waals surface area contributed by atoms with Gasteiger partial charge in [-0.3, -0.25) is 4.79 Å². The maximum atomic E-state index is 12.0. The van der Waals surface area contributed by atoms with Crippen LogP contribution in [0.15, 0.2) is 0 Å². The van der Waals surface area contributed by atoms with Gasteiger partial charge >= 0.3 is 0 Å². The van der Waals surface area contributed by atoms with Crippen molar-refractivity contribution in [2.24, 2.45) is 17.6 Å². The molecule has 1 aliphatic carbocycles. The lowest BCUT2D eigenvalue weighted by atomic mass is 10.0. The second kappa shape index (κ2) is 5.50. The van der Waals surface area contributed by atoms with Crippen molar-refractivity contribution in [1.82, 2.24) is 4.90 Å². The van der Waals surface area contributed by atoms with Gasteiger partial charge in [0.15, 0.2) is 0 Å². The molecule has 1 amide bonds. The number of rotatable bonds is 4.